The number of ether oxygens (including phenoxy) is 2. The van der Waals surface area contributed by atoms with Crippen molar-refractivity contribution in [3.8, 4) is 11.5 Å². The molecule has 4 nitrogen and oxygen atoms in total. The summed E-state index contributed by atoms with van der Waals surface area (Å²) in [4.78, 5) is 15.0. The van der Waals surface area contributed by atoms with E-state index < -0.39 is 6.04 Å². The maximum absolute atomic E-state index is 14.5. The third kappa shape index (κ3) is 4.17. The summed E-state index contributed by atoms with van der Waals surface area (Å²) >= 11 is 6.31. The minimum atomic E-state index is -0.484. The van der Waals surface area contributed by atoms with Crippen LogP contribution in [0.4, 0.5) is 10.1 Å². The average Bonchev–Trinajstić information content (AvgIpc) is 2.76. The smallest absolute Gasteiger partial charge is 0.232 e. The van der Waals surface area contributed by atoms with E-state index in [1.165, 1.54) is 6.07 Å². The zero-order valence-electron chi connectivity index (χ0n) is 18.3. The van der Waals surface area contributed by atoms with Crippen molar-refractivity contribution in [3.63, 3.8) is 0 Å². The summed E-state index contributed by atoms with van der Waals surface area (Å²) in [6.07, 6.45) is 0.175. The molecule has 3 aromatic carbocycles. The highest BCUT2D eigenvalue weighted by Crippen LogP contribution is 2.44. The average molecular weight is 454 g/mol. The number of rotatable bonds is 6. The van der Waals surface area contributed by atoms with Gasteiger partial charge >= 0.3 is 0 Å². The number of anilines is 1. The molecule has 1 aliphatic heterocycles. The molecular formula is C26H25ClFNO3. The Morgan fingerprint density at radius 3 is 2.41 bits per heavy atom. The maximum Gasteiger partial charge on any atom is 0.232 e. The standard InChI is InChI=1S/C26H25ClFNO3/c1-4-31-23-12-18-13-25(30)29(20-10-9-16(3)22(28)14-20)26(17-7-6-8-19(27)11-17)21(18)15-24(23)32-5-2/h6-12,14-15,26H,4-5,13H2,1-3H3/t26-/m1/s1. The molecule has 0 radical (unpaired) electrons. The molecular weight excluding hydrogens is 429 g/mol. The molecule has 1 atom stereocenters. The monoisotopic (exact) mass is 453 g/mol. The van der Waals surface area contributed by atoms with Gasteiger partial charge in [-0.2, -0.15) is 0 Å². The Kier molecular flexibility index (Phi) is 6.38. The summed E-state index contributed by atoms with van der Waals surface area (Å²) in [5, 5.41) is 0.563. The third-order valence-corrected chi connectivity index (χ3v) is 5.80. The fourth-order valence-electron chi connectivity index (χ4n) is 4.12. The third-order valence-electron chi connectivity index (χ3n) is 5.57. The molecule has 1 amide bonds. The van der Waals surface area contributed by atoms with Gasteiger partial charge < -0.3 is 14.4 Å². The lowest BCUT2D eigenvalue weighted by atomic mass is 9.86. The van der Waals surface area contributed by atoms with Crippen molar-refractivity contribution in [3.05, 3.63) is 87.7 Å². The van der Waals surface area contributed by atoms with Crippen molar-refractivity contribution in [2.75, 3.05) is 18.1 Å². The number of carbonyl (C=O) groups is 1. The first-order valence-corrected chi connectivity index (χ1v) is 11.1. The molecule has 0 saturated carbocycles. The molecule has 0 aliphatic carbocycles. The quantitative estimate of drug-likeness (QED) is 0.442. The summed E-state index contributed by atoms with van der Waals surface area (Å²) < 4.78 is 26.1. The van der Waals surface area contributed by atoms with Crippen LogP contribution < -0.4 is 14.4 Å². The van der Waals surface area contributed by atoms with E-state index in [0.717, 1.165) is 16.7 Å². The second kappa shape index (κ2) is 9.21. The van der Waals surface area contributed by atoms with Crippen molar-refractivity contribution in [1.29, 1.82) is 0 Å². The molecule has 0 saturated heterocycles. The molecule has 166 valence electrons. The second-order valence-corrected chi connectivity index (χ2v) is 8.13. The Labute approximate surface area is 192 Å². The van der Waals surface area contributed by atoms with E-state index in [4.69, 9.17) is 21.1 Å². The summed E-state index contributed by atoms with van der Waals surface area (Å²) in [6, 6.07) is 15.6. The van der Waals surface area contributed by atoms with Gasteiger partial charge in [0.1, 0.15) is 5.82 Å². The van der Waals surface area contributed by atoms with Crippen LogP contribution in [0.2, 0.25) is 5.02 Å². The molecule has 0 spiro atoms. The number of fused-ring (bicyclic) bond motifs is 1. The Hall–Kier alpha value is -3.05. The lowest BCUT2D eigenvalue weighted by Crippen LogP contribution is -2.41. The van der Waals surface area contributed by atoms with E-state index in [0.29, 0.717) is 41.0 Å². The van der Waals surface area contributed by atoms with Crippen LogP contribution in [0.5, 0.6) is 11.5 Å². The molecule has 32 heavy (non-hydrogen) atoms. The van der Waals surface area contributed by atoms with Crippen LogP contribution in [0.15, 0.2) is 54.6 Å². The van der Waals surface area contributed by atoms with E-state index in [1.54, 1.807) is 30.0 Å². The molecule has 0 fully saturated rings. The maximum atomic E-state index is 14.5. The zero-order valence-corrected chi connectivity index (χ0v) is 19.1. The number of benzene rings is 3. The Balaban J connectivity index is 1.94. The molecule has 3 aromatic rings. The van der Waals surface area contributed by atoms with Crippen molar-refractivity contribution >= 4 is 23.2 Å². The van der Waals surface area contributed by atoms with Crippen LogP contribution in [0.1, 0.15) is 42.1 Å². The number of carbonyl (C=O) groups excluding carboxylic acids is 1. The highest BCUT2D eigenvalue weighted by Gasteiger charge is 2.36. The molecule has 1 aliphatic rings. The summed E-state index contributed by atoms with van der Waals surface area (Å²) in [5.41, 5.74) is 3.62. The van der Waals surface area contributed by atoms with E-state index in [9.17, 15) is 9.18 Å². The van der Waals surface area contributed by atoms with Gasteiger partial charge in [-0.1, -0.05) is 29.8 Å². The van der Waals surface area contributed by atoms with E-state index >= 15 is 0 Å². The van der Waals surface area contributed by atoms with Crippen molar-refractivity contribution in [1.82, 2.24) is 0 Å². The van der Waals surface area contributed by atoms with Crippen LogP contribution in [0.25, 0.3) is 0 Å². The van der Waals surface area contributed by atoms with Gasteiger partial charge in [0.15, 0.2) is 11.5 Å². The van der Waals surface area contributed by atoms with Crippen molar-refractivity contribution < 1.29 is 18.7 Å². The van der Waals surface area contributed by atoms with Gasteiger partial charge in [0.25, 0.3) is 0 Å². The number of hydrogen-bond donors (Lipinski definition) is 0. The van der Waals surface area contributed by atoms with E-state index in [2.05, 4.69) is 0 Å². The van der Waals surface area contributed by atoms with Gasteiger partial charge in [-0.3, -0.25) is 4.79 Å². The topological polar surface area (TPSA) is 38.8 Å². The minimum Gasteiger partial charge on any atom is -0.490 e. The normalized spacial score (nSPS) is 15.5. The number of nitrogens with zero attached hydrogens (tertiary/aromatic N) is 1. The van der Waals surface area contributed by atoms with Gasteiger partial charge in [0.2, 0.25) is 5.91 Å². The van der Waals surface area contributed by atoms with Gasteiger partial charge in [-0.05, 0) is 79.4 Å². The molecule has 6 heteroatoms. The predicted octanol–water partition coefficient (Wildman–Crippen LogP) is 6.26. The Morgan fingerprint density at radius 1 is 1.03 bits per heavy atom. The molecule has 1 heterocycles. The lowest BCUT2D eigenvalue weighted by Gasteiger charge is -2.38. The van der Waals surface area contributed by atoms with Gasteiger partial charge in [0.05, 0.1) is 25.7 Å². The number of aryl methyl sites for hydroxylation is 1. The predicted molar refractivity (Wildman–Crippen MR) is 124 cm³/mol. The van der Waals surface area contributed by atoms with Crippen LogP contribution in [0.3, 0.4) is 0 Å². The largest absolute Gasteiger partial charge is 0.490 e. The molecule has 4 rings (SSSR count). The Bertz CT molecular complexity index is 1160. The lowest BCUT2D eigenvalue weighted by molar-refractivity contribution is -0.118. The van der Waals surface area contributed by atoms with Crippen molar-refractivity contribution in [2.45, 2.75) is 33.2 Å². The minimum absolute atomic E-state index is 0.127. The molecule has 0 bridgehead atoms. The van der Waals surface area contributed by atoms with Crippen molar-refractivity contribution in [2.24, 2.45) is 0 Å². The van der Waals surface area contributed by atoms with Gasteiger partial charge in [-0.15, -0.1) is 0 Å². The van der Waals surface area contributed by atoms with E-state index in [1.807, 2.05) is 44.2 Å². The fourth-order valence-corrected chi connectivity index (χ4v) is 4.32. The summed E-state index contributed by atoms with van der Waals surface area (Å²) in [7, 11) is 0. The first-order valence-electron chi connectivity index (χ1n) is 10.7. The SMILES string of the molecule is CCOc1cc2c(cc1OCC)[C@@H](c1cccc(Cl)c1)N(c1ccc(C)c(F)c1)C(=O)C2. The number of amides is 1. The van der Waals surface area contributed by atoms with Crippen LogP contribution >= 0.6 is 11.6 Å². The van der Waals surface area contributed by atoms with Gasteiger partial charge in [0, 0.05) is 10.7 Å². The van der Waals surface area contributed by atoms with Crippen LogP contribution in [0, 0.1) is 12.7 Å². The first kappa shape index (κ1) is 22.2. The fraction of sp³-hybridized carbons (Fsp3) is 0.269. The highest BCUT2D eigenvalue weighted by molar-refractivity contribution is 6.30. The second-order valence-electron chi connectivity index (χ2n) is 7.70. The number of halogens is 2. The summed E-state index contributed by atoms with van der Waals surface area (Å²) in [6.45, 7) is 6.48. The van der Waals surface area contributed by atoms with Crippen LogP contribution in [-0.2, 0) is 11.2 Å². The first-order chi connectivity index (χ1) is 15.4. The highest BCUT2D eigenvalue weighted by atomic mass is 35.5. The van der Waals surface area contributed by atoms with Crippen LogP contribution in [-0.4, -0.2) is 19.1 Å². The molecule has 0 unspecified atom stereocenters. The molecule has 0 N–H and O–H groups in total. The number of hydrogen-bond acceptors (Lipinski definition) is 3. The molecule has 0 aromatic heterocycles. The van der Waals surface area contributed by atoms with E-state index in [-0.39, 0.29) is 18.1 Å². The van der Waals surface area contributed by atoms with Gasteiger partial charge in [-0.25, -0.2) is 4.39 Å². The Morgan fingerprint density at radius 2 is 1.75 bits per heavy atom. The zero-order chi connectivity index (χ0) is 22.8. The summed E-state index contributed by atoms with van der Waals surface area (Å²) in [5.74, 6) is 0.745.